The van der Waals surface area contributed by atoms with Crippen LogP contribution in [0.2, 0.25) is 5.02 Å². The molecule has 2 aliphatic heterocycles. The molecule has 2 heterocycles. The fraction of sp³-hybridized carbons (Fsp3) is 0.387. The number of nitro benzene ring substituents is 1. The molecule has 10 heteroatoms. The monoisotopic (exact) mass is 577 g/mol. The van der Waals surface area contributed by atoms with Gasteiger partial charge in [-0.15, -0.1) is 0 Å². The molecular weight excluding hydrogens is 542 g/mol. The Bertz CT molecular complexity index is 1280. The molecule has 9 nitrogen and oxygen atoms in total. The van der Waals surface area contributed by atoms with Gasteiger partial charge in [0.1, 0.15) is 6.61 Å². The molecule has 0 spiro atoms. The second-order valence-electron chi connectivity index (χ2n) is 10.5. The minimum absolute atomic E-state index is 0.103. The molecule has 0 radical (unpaired) electrons. The van der Waals surface area contributed by atoms with Gasteiger partial charge in [0.15, 0.2) is 0 Å². The van der Waals surface area contributed by atoms with Crippen LogP contribution in [-0.2, 0) is 11.3 Å². The standard InChI is InChI=1S/C31H36ClN5O4/c32-28-10-8-27(9-11-28)30(26-4-2-1-3-5-26)35-18-20-36(21-19-35)31(38)41-23-22-33-14-16-34(17-15-33)24-25-6-12-29(13-7-25)37(39)40/h1-13,30H,14-24H2. The number of halogens is 1. The molecule has 2 aliphatic rings. The van der Waals surface area contributed by atoms with Gasteiger partial charge in [0.05, 0.1) is 11.0 Å². The number of carbonyl (C=O) groups is 1. The highest BCUT2D eigenvalue weighted by Gasteiger charge is 2.29. The summed E-state index contributed by atoms with van der Waals surface area (Å²) >= 11 is 6.15. The van der Waals surface area contributed by atoms with Crippen molar-refractivity contribution < 1.29 is 14.5 Å². The van der Waals surface area contributed by atoms with Gasteiger partial charge < -0.3 is 9.64 Å². The van der Waals surface area contributed by atoms with E-state index < -0.39 is 0 Å². The number of amides is 1. The molecule has 0 bridgehead atoms. The normalized spacial score (nSPS) is 17.7. The van der Waals surface area contributed by atoms with Gasteiger partial charge in [-0.1, -0.05) is 66.2 Å². The molecule has 3 aromatic rings. The molecule has 0 aromatic heterocycles. The van der Waals surface area contributed by atoms with Crippen LogP contribution >= 0.6 is 11.6 Å². The largest absolute Gasteiger partial charge is 0.448 e. The van der Waals surface area contributed by atoms with Gasteiger partial charge >= 0.3 is 6.09 Å². The number of ether oxygens (including phenoxy) is 1. The third kappa shape index (κ3) is 7.83. The first kappa shape index (κ1) is 29.0. The molecule has 3 aromatic carbocycles. The number of carbonyl (C=O) groups excluding carboxylic acids is 1. The molecule has 1 atom stereocenters. The van der Waals surface area contributed by atoms with Gasteiger partial charge in [-0.05, 0) is 28.8 Å². The molecule has 2 fully saturated rings. The molecule has 5 rings (SSSR count). The number of benzene rings is 3. The summed E-state index contributed by atoms with van der Waals surface area (Å²) in [5.74, 6) is 0. The third-order valence-electron chi connectivity index (χ3n) is 7.89. The van der Waals surface area contributed by atoms with Gasteiger partial charge in [0.2, 0.25) is 0 Å². The van der Waals surface area contributed by atoms with Crippen molar-refractivity contribution in [2.24, 2.45) is 0 Å². The zero-order valence-electron chi connectivity index (χ0n) is 23.1. The average molecular weight is 578 g/mol. The van der Waals surface area contributed by atoms with Crippen LogP contribution in [0, 0.1) is 10.1 Å². The SMILES string of the molecule is O=C(OCCN1CCN(Cc2ccc([N+](=O)[O-])cc2)CC1)N1CCN(C(c2ccccc2)c2ccc(Cl)cc2)CC1. The van der Waals surface area contributed by atoms with Crippen LogP contribution < -0.4 is 0 Å². The maximum atomic E-state index is 12.8. The van der Waals surface area contributed by atoms with E-state index in [1.807, 2.05) is 35.2 Å². The van der Waals surface area contributed by atoms with Gasteiger partial charge in [-0.3, -0.25) is 24.8 Å². The lowest BCUT2D eigenvalue weighted by Gasteiger charge is -2.39. The Morgan fingerprint density at radius 3 is 2.05 bits per heavy atom. The van der Waals surface area contributed by atoms with Crippen molar-refractivity contribution in [2.75, 3.05) is 65.5 Å². The number of non-ortho nitro benzene ring substituents is 1. The van der Waals surface area contributed by atoms with Gasteiger partial charge in [-0.2, -0.15) is 0 Å². The highest BCUT2D eigenvalue weighted by Crippen LogP contribution is 2.30. The van der Waals surface area contributed by atoms with E-state index >= 15 is 0 Å². The van der Waals surface area contributed by atoms with Crippen molar-refractivity contribution in [2.45, 2.75) is 12.6 Å². The van der Waals surface area contributed by atoms with Crippen molar-refractivity contribution in [1.29, 1.82) is 0 Å². The molecular formula is C31H36ClN5O4. The number of hydrogen-bond donors (Lipinski definition) is 0. The maximum Gasteiger partial charge on any atom is 0.409 e. The summed E-state index contributed by atoms with van der Waals surface area (Å²) in [5.41, 5.74) is 3.59. The quantitative estimate of drug-likeness (QED) is 0.264. The van der Waals surface area contributed by atoms with E-state index in [9.17, 15) is 14.9 Å². The zero-order chi connectivity index (χ0) is 28.6. The number of nitrogens with zero attached hydrogens (tertiary/aromatic N) is 5. The smallest absolute Gasteiger partial charge is 0.409 e. The number of hydrogen-bond acceptors (Lipinski definition) is 7. The number of nitro groups is 1. The second-order valence-corrected chi connectivity index (χ2v) is 11.0. The van der Waals surface area contributed by atoms with Crippen molar-refractivity contribution in [3.8, 4) is 0 Å². The predicted octanol–water partition coefficient (Wildman–Crippen LogP) is 4.91. The fourth-order valence-electron chi connectivity index (χ4n) is 5.56. The van der Waals surface area contributed by atoms with Crippen molar-refractivity contribution >= 4 is 23.4 Å². The Morgan fingerprint density at radius 2 is 1.41 bits per heavy atom. The lowest BCUT2D eigenvalue weighted by atomic mass is 9.96. The Hall–Kier alpha value is -3.50. The van der Waals surface area contributed by atoms with Crippen molar-refractivity contribution in [3.63, 3.8) is 0 Å². The molecule has 2 saturated heterocycles. The van der Waals surface area contributed by atoms with E-state index in [0.29, 0.717) is 26.2 Å². The van der Waals surface area contributed by atoms with Crippen LogP contribution in [0.3, 0.4) is 0 Å². The number of rotatable bonds is 9. The highest BCUT2D eigenvalue weighted by molar-refractivity contribution is 6.30. The summed E-state index contributed by atoms with van der Waals surface area (Å²) in [7, 11) is 0. The lowest BCUT2D eigenvalue weighted by molar-refractivity contribution is -0.384. The van der Waals surface area contributed by atoms with Crippen molar-refractivity contribution in [1.82, 2.24) is 19.6 Å². The summed E-state index contributed by atoms with van der Waals surface area (Å²) in [4.78, 5) is 32.2. The molecule has 0 aliphatic carbocycles. The van der Waals surface area contributed by atoms with Crippen LogP contribution in [-0.4, -0.2) is 96.1 Å². The molecule has 0 saturated carbocycles. The molecule has 0 N–H and O–H groups in total. The van der Waals surface area contributed by atoms with Crippen molar-refractivity contribution in [3.05, 3.63) is 111 Å². The highest BCUT2D eigenvalue weighted by atomic mass is 35.5. The van der Waals surface area contributed by atoms with Crippen LogP contribution in [0.5, 0.6) is 0 Å². The summed E-state index contributed by atoms with van der Waals surface area (Å²) in [6.07, 6.45) is -0.246. The molecule has 216 valence electrons. The fourth-order valence-corrected chi connectivity index (χ4v) is 5.69. The van der Waals surface area contributed by atoms with Crippen LogP contribution in [0.1, 0.15) is 22.7 Å². The van der Waals surface area contributed by atoms with Gasteiger partial charge in [-0.25, -0.2) is 4.79 Å². The molecule has 1 unspecified atom stereocenters. The van der Waals surface area contributed by atoms with Gasteiger partial charge in [0, 0.05) is 82.6 Å². The summed E-state index contributed by atoms with van der Waals surface area (Å²) in [6.45, 7) is 8.23. The first-order valence-electron chi connectivity index (χ1n) is 14.1. The topological polar surface area (TPSA) is 82.4 Å². The van der Waals surface area contributed by atoms with E-state index in [1.165, 1.54) is 11.1 Å². The zero-order valence-corrected chi connectivity index (χ0v) is 23.9. The Morgan fingerprint density at radius 1 is 0.805 bits per heavy atom. The van der Waals surface area contributed by atoms with E-state index in [2.05, 4.69) is 51.1 Å². The minimum Gasteiger partial charge on any atom is -0.448 e. The van der Waals surface area contributed by atoms with Crippen LogP contribution in [0.25, 0.3) is 0 Å². The van der Waals surface area contributed by atoms with E-state index in [4.69, 9.17) is 16.3 Å². The van der Waals surface area contributed by atoms with E-state index in [1.54, 1.807) is 12.1 Å². The third-order valence-corrected chi connectivity index (χ3v) is 8.14. The van der Waals surface area contributed by atoms with Crippen LogP contribution in [0.4, 0.5) is 10.5 Å². The number of piperazine rings is 2. The summed E-state index contributed by atoms with van der Waals surface area (Å²) < 4.78 is 5.66. The van der Waals surface area contributed by atoms with Crippen LogP contribution in [0.15, 0.2) is 78.9 Å². The average Bonchev–Trinajstić information content (AvgIpc) is 3.00. The first-order valence-corrected chi connectivity index (χ1v) is 14.5. The molecule has 41 heavy (non-hydrogen) atoms. The minimum atomic E-state index is -0.375. The van der Waals surface area contributed by atoms with E-state index in [-0.39, 0.29) is 22.7 Å². The predicted molar refractivity (Wildman–Crippen MR) is 159 cm³/mol. The second kappa shape index (κ2) is 13.9. The Labute approximate surface area is 246 Å². The Kier molecular flexibility index (Phi) is 9.84. The summed E-state index contributed by atoms with van der Waals surface area (Å²) in [6, 6.07) is 25.3. The summed E-state index contributed by atoms with van der Waals surface area (Å²) in [5, 5.41) is 11.6. The maximum absolute atomic E-state index is 12.8. The van der Waals surface area contributed by atoms with E-state index in [0.717, 1.165) is 56.4 Å². The Balaban J connectivity index is 1.04. The lowest BCUT2D eigenvalue weighted by Crippen LogP contribution is -2.50. The first-order chi connectivity index (χ1) is 20.0. The van der Waals surface area contributed by atoms with Gasteiger partial charge in [0.25, 0.3) is 5.69 Å². The molecule has 1 amide bonds.